The van der Waals surface area contributed by atoms with E-state index in [4.69, 9.17) is 19.2 Å². The lowest BCUT2D eigenvalue weighted by Gasteiger charge is -2.27. The molecular formula is C28H28BrN3O5. The van der Waals surface area contributed by atoms with E-state index >= 15 is 0 Å². The zero-order valence-corrected chi connectivity index (χ0v) is 22.9. The smallest absolute Gasteiger partial charge is 0.266 e. The van der Waals surface area contributed by atoms with Crippen LogP contribution in [0.2, 0.25) is 0 Å². The topological polar surface area (TPSA) is 82.9 Å². The van der Waals surface area contributed by atoms with Crippen molar-refractivity contribution < 1.29 is 19.0 Å². The Morgan fingerprint density at radius 3 is 2.32 bits per heavy atom. The standard InChI is InChI=1S/C28H28BrN3O5/c1-17(31(2)25(33)14-18-10-12-19(35-3)13-11-18)27-30-22-9-7-6-8-21(22)28(34)32(27)23-15-20(36-4)16-24(37-5)26(23)29/h6-13,15-17H,14H2,1-5H3. The Morgan fingerprint density at radius 2 is 1.68 bits per heavy atom. The predicted octanol–water partition coefficient (Wildman–Crippen LogP) is 4.94. The lowest BCUT2D eigenvalue weighted by Crippen LogP contribution is -2.35. The molecule has 1 heterocycles. The number of ether oxygens (including phenoxy) is 3. The van der Waals surface area contributed by atoms with E-state index in [1.807, 2.05) is 37.3 Å². The molecule has 0 aliphatic heterocycles. The highest BCUT2D eigenvalue weighted by Crippen LogP contribution is 2.36. The fourth-order valence-electron chi connectivity index (χ4n) is 4.08. The van der Waals surface area contributed by atoms with Gasteiger partial charge in [0.2, 0.25) is 5.91 Å². The number of hydrogen-bond donors (Lipinski definition) is 0. The molecule has 4 rings (SSSR count). The number of amides is 1. The molecule has 8 nitrogen and oxygen atoms in total. The molecule has 1 atom stereocenters. The molecule has 1 unspecified atom stereocenters. The summed E-state index contributed by atoms with van der Waals surface area (Å²) in [6.45, 7) is 1.85. The van der Waals surface area contributed by atoms with Crippen LogP contribution in [0.1, 0.15) is 24.4 Å². The number of benzene rings is 3. The van der Waals surface area contributed by atoms with Crippen molar-refractivity contribution in [1.82, 2.24) is 14.5 Å². The van der Waals surface area contributed by atoms with E-state index in [0.717, 1.165) is 11.3 Å². The van der Waals surface area contributed by atoms with Gasteiger partial charge in [0.25, 0.3) is 5.56 Å². The molecule has 0 N–H and O–H groups in total. The molecule has 0 radical (unpaired) electrons. The first-order valence-corrected chi connectivity index (χ1v) is 12.4. The number of nitrogens with zero attached hydrogens (tertiary/aromatic N) is 3. The number of hydrogen-bond acceptors (Lipinski definition) is 6. The van der Waals surface area contributed by atoms with E-state index in [0.29, 0.717) is 38.4 Å². The number of carbonyl (C=O) groups excluding carboxylic acids is 1. The number of carbonyl (C=O) groups is 1. The van der Waals surface area contributed by atoms with Crippen LogP contribution in [-0.2, 0) is 11.2 Å². The molecule has 4 aromatic rings. The molecule has 0 bridgehead atoms. The summed E-state index contributed by atoms with van der Waals surface area (Å²) in [7, 11) is 6.40. The molecule has 0 aliphatic rings. The highest BCUT2D eigenvalue weighted by atomic mass is 79.9. The average molecular weight is 566 g/mol. The number of likely N-dealkylation sites (N-methyl/N-ethyl adjacent to an activating group) is 1. The minimum Gasteiger partial charge on any atom is -0.497 e. The van der Waals surface area contributed by atoms with Crippen molar-refractivity contribution in [2.24, 2.45) is 0 Å². The third-order valence-corrected chi connectivity index (χ3v) is 7.15. The van der Waals surface area contributed by atoms with Crippen LogP contribution in [0, 0.1) is 0 Å². The number of aromatic nitrogens is 2. The molecule has 0 spiro atoms. The van der Waals surface area contributed by atoms with Crippen LogP contribution in [0.4, 0.5) is 0 Å². The molecule has 192 valence electrons. The highest BCUT2D eigenvalue weighted by molar-refractivity contribution is 9.10. The number of methoxy groups -OCH3 is 3. The molecular weight excluding hydrogens is 538 g/mol. The zero-order chi connectivity index (χ0) is 26.7. The summed E-state index contributed by atoms with van der Waals surface area (Å²) in [6, 6.07) is 17.4. The van der Waals surface area contributed by atoms with Gasteiger partial charge in [-0.3, -0.25) is 14.2 Å². The average Bonchev–Trinajstić information content (AvgIpc) is 2.93. The molecule has 9 heteroatoms. The van der Waals surface area contributed by atoms with Crippen LogP contribution in [0.3, 0.4) is 0 Å². The number of halogens is 1. The molecule has 1 amide bonds. The van der Waals surface area contributed by atoms with Gasteiger partial charge in [0, 0.05) is 19.2 Å². The number of para-hydroxylation sites is 1. The monoisotopic (exact) mass is 565 g/mol. The summed E-state index contributed by atoms with van der Waals surface area (Å²) in [4.78, 5) is 33.6. The van der Waals surface area contributed by atoms with Gasteiger partial charge in [-0.1, -0.05) is 24.3 Å². The zero-order valence-electron chi connectivity index (χ0n) is 21.3. The van der Waals surface area contributed by atoms with Gasteiger partial charge in [0.1, 0.15) is 23.1 Å². The fraction of sp³-hybridized carbons (Fsp3) is 0.250. The van der Waals surface area contributed by atoms with E-state index in [-0.39, 0.29) is 17.9 Å². The minimum atomic E-state index is -0.535. The highest BCUT2D eigenvalue weighted by Gasteiger charge is 2.26. The molecule has 0 aliphatic carbocycles. The molecule has 0 fully saturated rings. The van der Waals surface area contributed by atoms with E-state index in [9.17, 15) is 9.59 Å². The molecule has 3 aromatic carbocycles. The van der Waals surface area contributed by atoms with Crippen LogP contribution >= 0.6 is 15.9 Å². The van der Waals surface area contributed by atoms with Crippen LogP contribution in [0.15, 0.2) is 69.9 Å². The van der Waals surface area contributed by atoms with Crippen LogP contribution in [-0.4, -0.2) is 48.7 Å². The van der Waals surface area contributed by atoms with E-state index in [1.54, 1.807) is 63.6 Å². The summed E-state index contributed by atoms with van der Waals surface area (Å²) in [5.74, 6) is 2.02. The quantitative estimate of drug-likeness (QED) is 0.301. The maximum absolute atomic E-state index is 13.9. The Kier molecular flexibility index (Phi) is 7.83. The van der Waals surface area contributed by atoms with Crippen molar-refractivity contribution in [3.8, 4) is 22.9 Å². The van der Waals surface area contributed by atoms with E-state index in [2.05, 4.69) is 15.9 Å². The van der Waals surface area contributed by atoms with Crippen molar-refractivity contribution in [3.63, 3.8) is 0 Å². The Hall–Kier alpha value is -3.85. The molecule has 0 saturated heterocycles. The van der Waals surface area contributed by atoms with E-state index in [1.165, 1.54) is 4.57 Å². The predicted molar refractivity (Wildman–Crippen MR) is 146 cm³/mol. The summed E-state index contributed by atoms with van der Waals surface area (Å²) < 4.78 is 18.3. The second kappa shape index (κ2) is 11.0. The van der Waals surface area contributed by atoms with Crippen LogP contribution in [0.5, 0.6) is 17.2 Å². The van der Waals surface area contributed by atoms with Gasteiger partial charge >= 0.3 is 0 Å². The third kappa shape index (κ3) is 5.17. The Morgan fingerprint density at radius 1 is 1.00 bits per heavy atom. The second-order valence-electron chi connectivity index (χ2n) is 8.50. The van der Waals surface area contributed by atoms with Crippen molar-refractivity contribution in [2.45, 2.75) is 19.4 Å². The Bertz CT molecular complexity index is 1500. The van der Waals surface area contributed by atoms with Crippen molar-refractivity contribution in [1.29, 1.82) is 0 Å². The molecule has 0 saturated carbocycles. The summed E-state index contributed by atoms with van der Waals surface area (Å²) in [6.07, 6.45) is 0.194. The van der Waals surface area contributed by atoms with Crippen molar-refractivity contribution in [3.05, 3.63) is 86.9 Å². The van der Waals surface area contributed by atoms with E-state index < -0.39 is 6.04 Å². The van der Waals surface area contributed by atoms with Gasteiger partial charge in [-0.25, -0.2) is 4.98 Å². The number of fused-ring (bicyclic) bond motifs is 1. The Labute approximate surface area is 223 Å². The first-order valence-electron chi connectivity index (χ1n) is 11.6. The maximum Gasteiger partial charge on any atom is 0.266 e. The van der Waals surface area contributed by atoms with Gasteiger partial charge in [0.15, 0.2) is 0 Å². The molecule has 1 aromatic heterocycles. The van der Waals surface area contributed by atoms with Crippen LogP contribution < -0.4 is 19.8 Å². The maximum atomic E-state index is 13.9. The lowest BCUT2D eigenvalue weighted by molar-refractivity contribution is -0.131. The normalized spacial score (nSPS) is 11.7. The van der Waals surface area contributed by atoms with Crippen molar-refractivity contribution in [2.75, 3.05) is 28.4 Å². The number of rotatable bonds is 8. The SMILES string of the molecule is COc1ccc(CC(=O)N(C)C(C)c2nc3ccccc3c(=O)n2-c2cc(OC)cc(OC)c2Br)cc1. The van der Waals surface area contributed by atoms with Gasteiger partial charge < -0.3 is 19.1 Å². The fourth-order valence-corrected chi connectivity index (χ4v) is 4.65. The molecule has 37 heavy (non-hydrogen) atoms. The summed E-state index contributed by atoms with van der Waals surface area (Å²) >= 11 is 3.59. The largest absolute Gasteiger partial charge is 0.497 e. The third-order valence-electron chi connectivity index (χ3n) is 6.35. The second-order valence-corrected chi connectivity index (χ2v) is 9.29. The van der Waals surface area contributed by atoms with Gasteiger partial charge in [0.05, 0.1) is 54.9 Å². The van der Waals surface area contributed by atoms with Crippen LogP contribution in [0.25, 0.3) is 16.6 Å². The first kappa shape index (κ1) is 26.2. The minimum absolute atomic E-state index is 0.117. The Balaban J connectivity index is 1.83. The first-order chi connectivity index (χ1) is 17.8. The lowest BCUT2D eigenvalue weighted by atomic mass is 10.1. The van der Waals surface area contributed by atoms with Gasteiger partial charge in [-0.05, 0) is 52.7 Å². The summed E-state index contributed by atoms with van der Waals surface area (Å²) in [5.41, 5.74) is 1.64. The van der Waals surface area contributed by atoms with Crippen molar-refractivity contribution >= 4 is 32.7 Å². The van der Waals surface area contributed by atoms with Gasteiger partial charge in [-0.2, -0.15) is 0 Å². The summed E-state index contributed by atoms with van der Waals surface area (Å²) in [5, 5.41) is 0.458. The van der Waals surface area contributed by atoms with Gasteiger partial charge in [-0.15, -0.1) is 0 Å².